The fraction of sp³-hybridized carbons (Fsp3) is 0.966. The summed E-state index contributed by atoms with van der Waals surface area (Å²) in [6.07, 6.45) is -18.6. The van der Waals surface area contributed by atoms with Crippen molar-refractivity contribution in [2.75, 3.05) is 73.2 Å². The van der Waals surface area contributed by atoms with Crippen molar-refractivity contribution in [1.29, 1.82) is 0 Å². The summed E-state index contributed by atoms with van der Waals surface area (Å²) in [6, 6.07) is 0. The Morgan fingerprint density at radius 1 is 0.488 bits per heavy atom. The van der Waals surface area contributed by atoms with E-state index in [1.54, 1.807) is 6.92 Å². The summed E-state index contributed by atoms with van der Waals surface area (Å²) in [6.45, 7) is 19.1. The largest absolute Gasteiger partial charge is 0.479 e. The highest BCUT2D eigenvalue weighted by atomic mass is 16.8. The second-order valence-corrected chi connectivity index (χ2v) is 22.6. The number of aliphatic hydroxyl groups is 5. The summed E-state index contributed by atoms with van der Waals surface area (Å²) < 4.78 is 100. The van der Waals surface area contributed by atoms with Crippen molar-refractivity contribution in [3.05, 3.63) is 0 Å². The maximum atomic E-state index is 13.5. The molecule has 4 fully saturated rings. The minimum absolute atomic E-state index is 0.0649. The van der Waals surface area contributed by atoms with E-state index in [1.807, 2.05) is 48.5 Å². The van der Waals surface area contributed by atoms with E-state index in [-0.39, 0.29) is 25.7 Å². The molecule has 25 nitrogen and oxygen atoms in total. The van der Waals surface area contributed by atoms with Gasteiger partial charge in [-0.3, -0.25) is 0 Å². The van der Waals surface area contributed by atoms with E-state index >= 15 is 0 Å². The molecule has 9 unspecified atom stereocenters. The molecule has 4 aliphatic heterocycles. The molecule has 7 N–H and O–H groups in total. The molecule has 4 heterocycles. The second kappa shape index (κ2) is 40.0. The van der Waals surface area contributed by atoms with Gasteiger partial charge in [-0.1, -0.05) is 101 Å². The van der Waals surface area contributed by atoms with E-state index in [0.717, 1.165) is 51.4 Å². The Labute approximate surface area is 498 Å². The molecule has 0 aromatic carbocycles. The number of methoxy groups -OCH3 is 1. The number of aliphatic carboxylic acids is 2. The summed E-state index contributed by atoms with van der Waals surface area (Å²) in [5.41, 5.74) is 0. The number of carboxylic acid groups (broad SMARTS) is 2. The van der Waals surface area contributed by atoms with Crippen LogP contribution in [0.1, 0.15) is 146 Å². The number of ether oxygens (including phenoxy) is 16. The van der Waals surface area contributed by atoms with Crippen molar-refractivity contribution in [1.82, 2.24) is 0 Å². The van der Waals surface area contributed by atoms with Gasteiger partial charge in [-0.2, -0.15) is 0 Å². The van der Waals surface area contributed by atoms with Gasteiger partial charge in [-0.15, -0.1) is 0 Å². The van der Waals surface area contributed by atoms with Crippen LogP contribution in [0.15, 0.2) is 0 Å². The lowest BCUT2D eigenvalue weighted by Crippen LogP contribution is -2.67. The molecular formula is C59H108O25. The van der Waals surface area contributed by atoms with Crippen LogP contribution < -0.4 is 0 Å². The van der Waals surface area contributed by atoms with Crippen LogP contribution in [0.5, 0.6) is 0 Å². The topological polar surface area (TPSA) is 323 Å². The van der Waals surface area contributed by atoms with Crippen LogP contribution in [0.25, 0.3) is 0 Å². The highest BCUT2D eigenvalue weighted by molar-refractivity contribution is 5.74. The van der Waals surface area contributed by atoms with E-state index in [4.69, 9.17) is 75.8 Å². The summed E-state index contributed by atoms with van der Waals surface area (Å²) >= 11 is 0. The summed E-state index contributed by atoms with van der Waals surface area (Å²) in [4.78, 5) is 26.7. The summed E-state index contributed by atoms with van der Waals surface area (Å²) in [5.74, 6) is -4.84. The Balaban J connectivity index is 1.63. The third-order valence-corrected chi connectivity index (χ3v) is 15.8. The quantitative estimate of drug-likeness (QED) is 0.0330. The number of rotatable bonds is 43. The van der Waals surface area contributed by atoms with Crippen molar-refractivity contribution < 1.29 is 121 Å². The molecule has 0 amide bonds. The maximum absolute atomic E-state index is 13.5. The van der Waals surface area contributed by atoms with Crippen molar-refractivity contribution in [3.8, 4) is 0 Å². The molecule has 0 aromatic rings. The van der Waals surface area contributed by atoms with Gasteiger partial charge in [0, 0.05) is 64.5 Å². The standard InChI is InChI=1S/C59H108O25/c1-12-18-24-70-33-34(7)55(69-11)77-38(30-60)37(10)76-58-42(64)46(73-27-21-15-4)48(50(83-58)53(65)66)81-56-35(8)41(63)44(39(31-61)78-56)80-59-52(75-29-23-17-6)47(74-28-22-16-5)49(51(84-59)54(67)68)82-57-36(9)43(71-25-19-13-2)45(40(32-62)79-57)72-26-20-14-3/h34-52,55-64H,12-33H2,1-11H3,(H,65,66)(H,67,68)/t34-,35-,36-,37-,38?,39?,40?,41?,42-,43?,44+,45+,46?,47?,48-,49-,50?,51?,52-,55-,56+,57-,58+,59+/m0/s1. The van der Waals surface area contributed by atoms with E-state index in [2.05, 4.69) is 6.92 Å². The van der Waals surface area contributed by atoms with Gasteiger partial charge < -0.3 is 112 Å². The van der Waals surface area contributed by atoms with Crippen molar-refractivity contribution >= 4 is 11.9 Å². The zero-order valence-corrected chi connectivity index (χ0v) is 51.9. The van der Waals surface area contributed by atoms with E-state index < -0.39 is 173 Å². The first-order valence-electron chi connectivity index (χ1n) is 31.2. The molecule has 0 bridgehead atoms. The molecule has 0 radical (unpaired) electrons. The predicted octanol–water partition coefficient (Wildman–Crippen LogP) is 4.32. The van der Waals surface area contributed by atoms with Crippen LogP contribution in [0.2, 0.25) is 0 Å². The third kappa shape index (κ3) is 21.4. The predicted molar refractivity (Wildman–Crippen MR) is 300 cm³/mol. The lowest BCUT2D eigenvalue weighted by molar-refractivity contribution is -0.384. The van der Waals surface area contributed by atoms with Crippen molar-refractivity contribution in [2.45, 2.75) is 275 Å². The molecule has 84 heavy (non-hydrogen) atoms. The Bertz CT molecular complexity index is 1750. The van der Waals surface area contributed by atoms with Crippen LogP contribution in [-0.2, 0) is 85.4 Å². The maximum Gasteiger partial charge on any atom is 0.335 e. The van der Waals surface area contributed by atoms with Gasteiger partial charge in [0.1, 0.15) is 67.1 Å². The van der Waals surface area contributed by atoms with Gasteiger partial charge in [0.2, 0.25) is 0 Å². The third-order valence-electron chi connectivity index (χ3n) is 15.8. The number of hydrogen-bond donors (Lipinski definition) is 7. The molecule has 0 saturated carbocycles. The number of hydrogen-bond acceptors (Lipinski definition) is 23. The Morgan fingerprint density at radius 2 is 0.917 bits per heavy atom. The molecule has 24 atom stereocenters. The molecule has 4 aliphatic rings. The first-order chi connectivity index (χ1) is 40.4. The monoisotopic (exact) mass is 1220 g/mol. The first-order valence-corrected chi connectivity index (χ1v) is 31.2. The molecular weight excluding hydrogens is 1110 g/mol. The van der Waals surface area contributed by atoms with Crippen LogP contribution >= 0.6 is 0 Å². The smallest absolute Gasteiger partial charge is 0.335 e. The Kier molecular flexibility index (Phi) is 35.5. The van der Waals surface area contributed by atoms with E-state index in [0.29, 0.717) is 52.1 Å². The van der Waals surface area contributed by atoms with Crippen LogP contribution in [0.3, 0.4) is 0 Å². The van der Waals surface area contributed by atoms with Gasteiger partial charge in [0.15, 0.2) is 43.7 Å². The van der Waals surface area contributed by atoms with Gasteiger partial charge in [0.05, 0.1) is 44.7 Å². The number of aliphatic hydroxyl groups excluding tert-OH is 5. The zero-order chi connectivity index (χ0) is 61.9. The van der Waals surface area contributed by atoms with Gasteiger partial charge in [-0.05, 0) is 45.4 Å². The fourth-order valence-electron chi connectivity index (χ4n) is 10.5. The Morgan fingerprint density at radius 3 is 1.40 bits per heavy atom. The fourth-order valence-corrected chi connectivity index (χ4v) is 10.5. The number of carboxylic acids is 2. The number of unbranched alkanes of at least 4 members (excludes halogenated alkanes) is 6. The first kappa shape index (κ1) is 74.6. The minimum atomic E-state index is -1.87. The van der Waals surface area contributed by atoms with Gasteiger partial charge in [-0.25, -0.2) is 9.59 Å². The molecule has 494 valence electrons. The molecule has 4 rings (SSSR count). The van der Waals surface area contributed by atoms with Crippen LogP contribution in [0.4, 0.5) is 0 Å². The molecule has 4 saturated heterocycles. The van der Waals surface area contributed by atoms with E-state index in [1.165, 1.54) is 14.0 Å². The molecule has 0 spiro atoms. The van der Waals surface area contributed by atoms with E-state index in [9.17, 15) is 45.3 Å². The van der Waals surface area contributed by atoms with Crippen molar-refractivity contribution in [3.63, 3.8) is 0 Å². The van der Waals surface area contributed by atoms with Crippen LogP contribution in [-0.4, -0.2) is 250 Å². The summed E-state index contributed by atoms with van der Waals surface area (Å²) in [5, 5.41) is 78.1. The average Bonchev–Trinajstić information content (AvgIpc) is 3.23. The lowest BCUT2D eigenvalue weighted by atomic mass is 9.90. The zero-order valence-electron chi connectivity index (χ0n) is 51.9. The molecule has 25 heteroatoms. The normalized spacial score (nSPS) is 35.4. The minimum Gasteiger partial charge on any atom is -0.479 e. The molecule has 0 aromatic heterocycles. The highest BCUT2D eigenvalue weighted by Gasteiger charge is 2.58. The van der Waals surface area contributed by atoms with Gasteiger partial charge in [0.25, 0.3) is 0 Å². The second-order valence-electron chi connectivity index (χ2n) is 22.6. The molecule has 0 aliphatic carbocycles. The lowest BCUT2D eigenvalue weighted by Gasteiger charge is -2.51. The van der Waals surface area contributed by atoms with Crippen LogP contribution in [0, 0.1) is 17.8 Å². The Hall–Kier alpha value is -1.90. The highest BCUT2D eigenvalue weighted by Crippen LogP contribution is 2.40. The van der Waals surface area contributed by atoms with Crippen molar-refractivity contribution in [2.24, 2.45) is 17.8 Å². The number of carbonyl (C=O) groups is 2. The summed E-state index contributed by atoms with van der Waals surface area (Å²) in [7, 11) is 1.46. The average molecular weight is 1220 g/mol. The SMILES string of the molecule is CCCCOC[C@H](C)[C@@H](OC)OC(CO)[C@H](C)O[C@@H]1OC(C(=O)O)[C@@H](O[C@H]2OC(CO)[C@@H](O[C@@H]3OC(C(=O)O)[C@@H](O[C@@H]4OC(CO)[C@@H](OCCCC)C(OCCCC)[C@@H]4C)C(OCCCC)[C@@H]3OCCCC)C(O)[C@@H]2C)C(OCCCC)[C@@H]1O. The van der Waals surface area contributed by atoms with Gasteiger partial charge >= 0.3 is 11.9 Å².